The van der Waals surface area contributed by atoms with Crippen molar-refractivity contribution in [3.05, 3.63) is 32.8 Å². The van der Waals surface area contributed by atoms with Gasteiger partial charge in [0.15, 0.2) is 0 Å². The molecule has 1 N–H and O–H groups in total. The van der Waals surface area contributed by atoms with Crippen molar-refractivity contribution >= 4 is 27.3 Å². The molecule has 2 fully saturated rings. The second kappa shape index (κ2) is 5.95. The molecule has 5 heteroatoms. The van der Waals surface area contributed by atoms with Crippen LogP contribution in [0.1, 0.15) is 51.4 Å². The van der Waals surface area contributed by atoms with Crippen molar-refractivity contribution in [2.45, 2.75) is 57.4 Å². The minimum absolute atomic E-state index is 0.126. The smallest absolute Gasteiger partial charge is 0.270 e. The topological polar surface area (TPSA) is 55.2 Å². The van der Waals surface area contributed by atoms with Crippen molar-refractivity contribution in [3.8, 4) is 0 Å². The van der Waals surface area contributed by atoms with Gasteiger partial charge in [-0.05, 0) is 65.9 Å². The van der Waals surface area contributed by atoms with E-state index in [2.05, 4.69) is 21.2 Å². The van der Waals surface area contributed by atoms with Gasteiger partial charge in [-0.25, -0.2) is 0 Å². The highest BCUT2D eigenvalue weighted by Gasteiger charge is 2.37. The van der Waals surface area contributed by atoms with Gasteiger partial charge in [-0.1, -0.05) is 12.8 Å². The Balaban J connectivity index is 1.61. The van der Waals surface area contributed by atoms with Crippen molar-refractivity contribution in [2.24, 2.45) is 5.41 Å². The molecular formula is C16H21BrN2O2. The molecule has 0 radical (unpaired) electrons. The lowest BCUT2D eigenvalue weighted by Gasteiger charge is -2.38. The third-order valence-electron chi connectivity index (χ3n) is 5.23. The zero-order valence-electron chi connectivity index (χ0n) is 12.1. The summed E-state index contributed by atoms with van der Waals surface area (Å²) in [5, 5.41) is 14.3. The Morgan fingerprint density at radius 3 is 2.43 bits per heavy atom. The van der Waals surface area contributed by atoms with Crippen LogP contribution in [0, 0.1) is 15.5 Å². The summed E-state index contributed by atoms with van der Waals surface area (Å²) >= 11 is 3.44. The van der Waals surface area contributed by atoms with Gasteiger partial charge in [0.1, 0.15) is 0 Å². The van der Waals surface area contributed by atoms with Crippen molar-refractivity contribution in [1.82, 2.24) is 0 Å². The van der Waals surface area contributed by atoms with E-state index in [4.69, 9.17) is 0 Å². The van der Waals surface area contributed by atoms with Crippen LogP contribution in [0.15, 0.2) is 22.7 Å². The SMILES string of the molecule is O=[N+]([O-])c1ccc(NC2CCC3(CCCC3)CC2)c(Br)c1. The third-order valence-corrected chi connectivity index (χ3v) is 5.89. The highest BCUT2D eigenvalue weighted by molar-refractivity contribution is 9.10. The molecule has 0 heterocycles. The summed E-state index contributed by atoms with van der Waals surface area (Å²) in [7, 11) is 0. The fourth-order valence-electron chi connectivity index (χ4n) is 3.95. The zero-order valence-corrected chi connectivity index (χ0v) is 13.7. The van der Waals surface area contributed by atoms with E-state index in [9.17, 15) is 10.1 Å². The Labute approximate surface area is 133 Å². The molecular weight excluding hydrogens is 332 g/mol. The first-order chi connectivity index (χ1) is 10.1. The Hall–Kier alpha value is -1.10. The molecule has 0 amide bonds. The van der Waals surface area contributed by atoms with Gasteiger partial charge >= 0.3 is 0 Å². The third kappa shape index (κ3) is 3.23. The standard InChI is InChI=1S/C16H21BrN2O2/c17-14-11-13(19(20)21)3-4-15(14)18-12-5-9-16(10-6-12)7-1-2-8-16/h3-4,11-12,18H,1-2,5-10H2. The molecule has 114 valence electrons. The molecule has 21 heavy (non-hydrogen) atoms. The van der Waals surface area contributed by atoms with Gasteiger partial charge in [0.05, 0.1) is 4.92 Å². The lowest BCUT2D eigenvalue weighted by molar-refractivity contribution is -0.384. The van der Waals surface area contributed by atoms with Crippen molar-refractivity contribution in [3.63, 3.8) is 0 Å². The monoisotopic (exact) mass is 352 g/mol. The number of nitrogens with one attached hydrogen (secondary N) is 1. The number of nitro benzene ring substituents is 1. The number of halogens is 1. The largest absolute Gasteiger partial charge is 0.381 e. The number of benzene rings is 1. The molecule has 0 aliphatic heterocycles. The van der Waals surface area contributed by atoms with Crippen LogP contribution >= 0.6 is 15.9 Å². The number of anilines is 1. The van der Waals surface area contributed by atoms with Gasteiger partial charge in [0.2, 0.25) is 0 Å². The van der Waals surface area contributed by atoms with E-state index in [0.29, 0.717) is 11.5 Å². The summed E-state index contributed by atoms with van der Waals surface area (Å²) < 4.78 is 0.776. The molecule has 0 aromatic heterocycles. The summed E-state index contributed by atoms with van der Waals surface area (Å²) in [5.74, 6) is 0. The molecule has 2 saturated carbocycles. The maximum atomic E-state index is 10.8. The Kier molecular flexibility index (Phi) is 4.20. The minimum atomic E-state index is -0.362. The van der Waals surface area contributed by atoms with Crippen LogP contribution in [0.4, 0.5) is 11.4 Å². The van der Waals surface area contributed by atoms with E-state index in [1.165, 1.54) is 51.4 Å². The summed E-state index contributed by atoms with van der Waals surface area (Å²) in [6.45, 7) is 0. The van der Waals surface area contributed by atoms with Crippen LogP contribution in [0.3, 0.4) is 0 Å². The highest BCUT2D eigenvalue weighted by Crippen LogP contribution is 2.49. The van der Waals surface area contributed by atoms with Crippen LogP contribution in [-0.4, -0.2) is 11.0 Å². The van der Waals surface area contributed by atoms with Crippen LogP contribution in [0.5, 0.6) is 0 Å². The van der Waals surface area contributed by atoms with E-state index in [0.717, 1.165) is 10.2 Å². The average Bonchev–Trinajstić information content (AvgIpc) is 2.92. The van der Waals surface area contributed by atoms with Crippen molar-refractivity contribution in [2.75, 3.05) is 5.32 Å². The predicted molar refractivity (Wildman–Crippen MR) is 87.6 cm³/mol. The molecule has 0 atom stereocenters. The zero-order chi connectivity index (χ0) is 14.9. The molecule has 3 rings (SSSR count). The van der Waals surface area contributed by atoms with Gasteiger partial charge in [0, 0.05) is 28.3 Å². The van der Waals surface area contributed by atoms with Gasteiger partial charge in [0.25, 0.3) is 5.69 Å². The van der Waals surface area contributed by atoms with Gasteiger partial charge in [-0.15, -0.1) is 0 Å². The quantitative estimate of drug-likeness (QED) is 0.595. The second-order valence-corrected chi connectivity index (χ2v) is 7.40. The summed E-state index contributed by atoms with van der Waals surface area (Å²) in [6.07, 6.45) is 10.7. The van der Waals surface area contributed by atoms with Crippen LogP contribution in [0.25, 0.3) is 0 Å². The first-order valence-corrected chi connectivity index (χ1v) is 8.58. The van der Waals surface area contributed by atoms with Crippen molar-refractivity contribution < 1.29 is 4.92 Å². The molecule has 1 spiro atoms. The molecule has 0 bridgehead atoms. The molecule has 0 saturated heterocycles. The number of non-ortho nitro benzene ring substituents is 1. The average molecular weight is 353 g/mol. The Morgan fingerprint density at radius 1 is 1.19 bits per heavy atom. The summed E-state index contributed by atoms with van der Waals surface area (Å²) in [5.41, 5.74) is 1.74. The summed E-state index contributed by atoms with van der Waals surface area (Å²) in [4.78, 5) is 10.4. The molecule has 1 aromatic rings. The van der Waals surface area contributed by atoms with Gasteiger partial charge in [-0.3, -0.25) is 10.1 Å². The highest BCUT2D eigenvalue weighted by atomic mass is 79.9. The predicted octanol–water partition coefficient (Wildman–Crippen LogP) is 5.27. The number of rotatable bonds is 3. The number of nitro groups is 1. The van der Waals surface area contributed by atoms with E-state index in [-0.39, 0.29) is 10.6 Å². The first kappa shape index (κ1) is 14.8. The first-order valence-electron chi connectivity index (χ1n) is 7.79. The number of hydrogen-bond donors (Lipinski definition) is 1. The normalized spacial score (nSPS) is 21.6. The maximum Gasteiger partial charge on any atom is 0.270 e. The van der Waals surface area contributed by atoms with E-state index in [1.807, 2.05) is 6.07 Å². The fourth-order valence-corrected chi connectivity index (χ4v) is 4.44. The molecule has 1 aromatic carbocycles. The van der Waals surface area contributed by atoms with E-state index < -0.39 is 0 Å². The minimum Gasteiger partial charge on any atom is -0.381 e. The van der Waals surface area contributed by atoms with Crippen LogP contribution in [-0.2, 0) is 0 Å². The van der Waals surface area contributed by atoms with E-state index >= 15 is 0 Å². The van der Waals surface area contributed by atoms with Crippen LogP contribution in [0.2, 0.25) is 0 Å². The van der Waals surface area contributed by atoms with Gasteiger partial charge in [-0.2, -0.15) is 0 Å². The van der Waals surface area contributed by atoms with E-state index in [1.54, 1.807) is 12.1 Å². The molecule has 4 nitrogen and oxygen atoms in total. The molecule has 2 aliphatic rings. The maximum absolute atomic E-state index is 10.8. The lowest BCUT2D eigenvalue weighted by atomic mass is 9.71. The lowest BCUT2D eigenvalue weighted by Crippen LogP contribution is -2.31. The summed E-state index contributed by atoms with van der Waals surface area (Å²) in [6, 6.07) is 5.44. The number of hydrogen-bond acceptors (Lipinski definition) is 3. The Morgan fingerprint density at radius 2 is 1.86 bits per heavy atom. The molecule has 0 unspecified atom stereocenters. The second-order valence-electron chi connectivity index (χ2n) is 6.55. The Bertz CT molecular complexity index is 531. The fraction of sp³-hybridized carbons (Fsp3) is 0.625. The van der Waals surface area contributed by atoms with Crippen molar-refractivity contribution in [1.29, 1.82) is 0 Å². The van der Waals surface area contributed by atoms with Gasteiger partial charge < -0.3 is 5.32 Å². The number of nitrogens with zero attached hydrogens (tertiary/aromatic N) is 1. The molecule has 2 aliphatic carbocycles. The van der Waals surface area contributed by atoms with Crippen LogP contribution < -0.4 is 5.32 Å².